The topological polar surface area (TPSA) is 64.7 Å². The van der Waals surface area contributed by atoms with Crippen molar-refractivity contribution in [2.75, 3.05) is 0 Å². The van der Waals surface area contributed by atoms with Crippen LogP contribution in [-0.2, 0) is 17.3 Å². The maximum Gasteiger partial charge on any atom is 0.202 e. The summed E-state index contributed by atoms with van der Waals surface area (Å²) in [4.78, 5) is 19.5. The van der Waals surface area contributed by atoms with E-state index >= 15 is 0 Å². The number of rotatable bonds is 3. The molecule has 26 heavy (non-hydrogen) atoms. The summed E-state index contributed by atoms with van der Waals surface area (Å²) < 4.78 is 5.85. The first-order chi connectivity index (χ1) is 12.2. The predicted octanol–water partition coefficient (Wildman–Crippen LogP) is 5.05. The lowest BCUT2D eigenvalue weighted by atomic mass is 9.88. The normalized spacial score (nSPS) is 13.0. The number of aromatic nitrogens is 4. The highest BCUT2D eigenvalue weighted by molar-refractivity contribution is 7.18. The molecule has 0 aliphatic heterocycles. The molecule has 4 aromatic heterocycles. The maximum absolute atomic E-state index is 5.85. The number of oxazole rings is 1. The molecule has 4 aromatic rings. The van der Waals surface area contributed by atoms with E-state index in [9.17, 15) is 0 Å². The van der Waals surface area contributed by atoms with Crippen LogP contribution in [0, 0.1) is 0 Å². The number of fused-ring (bicyclic) bond motifs is 2. The molecule has 0 saturated heterocycles. The van der Waals surface area contributed by atoms with Crippen molar-refractivity contribution in [2.24, 2.45) is 0 Å². The van der Waals surface area contributed by atoms with Crippen molar-refractivity contribution in [3.8, 4) is 0 Å². The Bertz CT molecular complexity index is 1060. The van der Waals surface area contributed by atoms with E-state index in [2.05, 4.69) is 44.6 Å². The monoisotopic (exact) mass is 366 g/mol. The highest BCUT2D eigenvalue weighted by atomic mass is 32.1. The molecule has 0 saturated carbocycles. The first-order valence-electron chi connectivity index (χ1n) is 8.71. The Morgan fingerprint density at radius 3 is 2.54 bits per heavy atom. The van der Waals surface area contributed by atoms with Crippen molar-refractivity contribution in [1.29, 1.82) is 0 Å². The van der Waals surface area contributed by atoms with Gasteiger partial charge in [-0.1, -0.05) is 46.0 Å². The van der Waals surface area contributed by atoms with Crippen LogP contribution in [0.1, 0.15) is 51.2 Å². The summed E-state index contributed by atoms with van der Waals surface area (Å²) in [6, 6.07) is 7.92. The van der Waals surface area contributed by atoms with Crippen molar-refractivity contribution in [3.63, 3.8) is 0 Å². The molecule has 0 amide bonds. The number of thiazole rings is 1. The molecular weight excluding hydrogens is 344 g/mol. The van der Waals surface area contributed by atoms with E-state index in [0.717, 1.165) is 33.1 Å². The van der Waals surface area contributed by atoms with Crippen LogP contribution in [0.2, 0.25) is 0 Å². The zero-order valence-electron chi connectivity index (χ0n) is 15.7. The Kier molecular flexibility index (Phi) is 3.84. The van der Waals surface area contributed by atoms with Crippen molar-refractivity contribution in [1.82, 2.24) is 19.9 Å². The van der Waals surface area contributed by atoms with E-state index < -0.39 is 0 Å². The molecule has 0 radical (unpaired) electrons. The maximum atomic E-state index is 5.85. The molecule has 134 valence electrons. The van der Waals surface area contributed by atoms with Gasteiger partial charge in [0.1, 0.15) is 15.4 Å². The fraction of sp³-hybridized carbons (Fsp3) is 0.400. The van der Waals surface area contributed by atoms with Gasteiger partial charge in [-0.25, -0.2) is 15.0 Å². The Morgan fingerprint density at radius 1 is 1.00 bits per heavy atom. The van der Waals surface area contributed by atoms with E-state index in [0.29, 0.717) is 11.5 Å². The van der Waals surface area contributed by atoms with Gasteiger partial charge in [0, 0.05) is 29.1 Å². The van der Waals surface area contributed by atoms with Crippen LogP contribution in [0.15, 0.2) is 34.9 Å². The quantitative estimate of drug-likeness (QED) is 0.508. The van der Waals surface area contributed by atoms with Crippen molar-refractivity contribution in [2.45, 2.75) is 51.9 Å². The van der Waals surface area contributed by atoms with Gasteiger partial charge in [-0.15, -0.1) is 0 Å². The minimum absolute atomic E-state index is 0.131. The summed E-state index contributed by atoms with van der Waals surface area (Å²) >= 11 is 1.65. The van der Waals surface area contributed by atoms with Crippen LogP contribution in [0.25, 0.3) is 21.6 Å². The van der Waals surface area contributed by atoms with Gasteiger partial charge in [0.25, 0.3) is 0 Å². The third-order valence-corrected chi connectivity index (χ3v) is 5.67. The highest BCUT2D eigenvalue weighted by Gasteiger charge is 2.27. The molecule has 6 heteroatoms. The molecule has 0 aliphatic carbocycles. The van der Waals surface area contributed by atoms with Gasteiger partial charge >= 0.3 is 0 Å². The first-order valence-corrected chi connectivity index (χ1v) is 9.53. The smallest absolute Gasteiger partial charge is 0.202 e. The molecular formula is C20H22N4OS. The van der Waals surface area contributed by atoms with E-state index in [-0.39, 0.29) is 10.8 Å². The van der Waals surface area contributed by atoms with Crippen LogP contribution in [-0.4, -0.2) is 19.9 Å². The molecule has 4 heterocycles. The van der Waals surface area contributed by atoms with E-state index in [1.165, 1.54) is 0 Å². The fourth-order valence-corrected chi connectivity index (χ4v) is 3.87. The standard InChI is InChI=1S/C20H22N4OS/c1-19(2,3)17-24-15-14(25-17)9-8-12(22-15)11-20(4,5)18-23-13-7-6-10-21-16(13)26-18/h6-10H,11H2,1-5H3. The van der Waals surface area contributed by atoms with Gasteiger partial charge in [-0.2, -0.15) is 4.98 Å². The second-order valence-electron chi connectivity index (χ2n) is 8.30. The molecule has 0 N–H and O–H groups in total. The summed E-state index contributed by atoms with van der Waals surface area (Å²) in [5, 5.41) is 1.07. The van der Waals surface area contributed by atoms with Gasteiger partial charge in [0.15, 0.2) is 11.2 Å². The third-order valence-electron chi connectivity index (χ3n) is 4.32. The molecule has 0 aromatic carbocycles. The summed E-state index contributed by atoms with van der Waals surface area (Å²) in [7, 11) is 0. The lowest BCUT2D eigenvalue weighted by Crippen LogP contribution is -2.20. The largest absolute Gasteiger partial charge is 0.438 e. The van der Waals surface area contributed by atoms with Crippen LogP contribution in [0.5, 0.6) is 0 Å². The molecule has 0 spiro atoms. The SMILES string of the molecule is CC(C)(C)c1nc2nc(CC(C)(C)c3nc4cccnc4s3)ccc2o1. The average molecular weight is 366 g/mol. The molecule has 4 rings (SSSR count). The van der Waals surface area contributed by atoms with E-state index in [1.54, 1.807) is 11.3 Å². The van der Waals surface area contributed by atoms with Gasteiger partial charge in [0.2, 0.25) is 5.89 Å². The number of pyridine rings is 2. The Labute approximate surface area is 156 Å². The number of hydrogen-bond acceptors (Lipinski definition) is 6. The fourth-order valence-electron chi connectivity index (χ4n) is 2.86. The van der Waals surface area contributed by atoms with Crippen LogP contribution in [0.4, 0.5) is 0 Å². The summed E-state index contributed by atoms with van der Waals surface area (Å²) in [5.74, 6) is 0.716. The van der Waals surface area contributed by atoms with Crippen LogP contribution >= 0.6 is 11.3 Å². The zero-order valence-corrected chi connectivity index (χ0v) is 16.5. The Morgan fingerprint density at radius 2 is 1.81 bits per heavy atom. The number of nitrogens with zero attached hydrogens (tertiary/aromatic N) is 4. The Balaban J connectivity index is 1.66. The van der Waals surface area contributed by atoms with Crippen molar-refractivity contribution < 1.29 is 4.42 Å². The second kappa shape index (κ2) is 5.84. The van der Waals surface area contributed by atoms with Gasteiger partial charge in [0.05, 0.1) is 0 Å². The summed E-state index contributed by atoms with van der Waals surface area (Å²) in [6.07, 6.45) is 2.59. The lowest BCUT2D eigenvalue weighted by Gasteiger charge is -2.21. The molecule has 5 nitrogen and oxygen atoms in total. The third kappa shape index (κ3) is 3.09. The lowest BCUT2D eigenvalue weighted by molar-refractivity contribution is 0.411. The van der Waals surface area contributed by atoms with Gasteiger partial charge in [-0.3, -0.25) is 0 Å². The van der Waals surface area contributed by atoms with Gasteiger partial charge in [-0.05, 0) is 24.3 Å². The Hall–Kier alpha value is -2.34. The molecule has 0 fully saturated rings. The molecule has 0 unspecified atom stereocenters. The highest BCUT2D eigenvalue weighted by Crippen LogP contribution is 2.33. The van der Waals surface area contributed by atoms with Crippen molar-refractivity contribution in [3.05, 3.63) is 47.1 Å². The van der Waals surface area contributed by atoms with Crippen LogP contribution in [0.3, 0.4) is 0 Å². The van der Waals surface area contributed by atoms with E-state index in [1.807, 2.05) is 30.5 Å². The summed E-state index contributed by atoms with van der Waals surface area (Å²) in [5.41, 5.74) is 3.09. The molecule has 0 atom stereocenters. The predicted molar refractivity (Wildman–Crippen MR) is 105 cm³/mol. The average Bonchev–Trinajstić information content (AvgIpc) is 3.18. The summed E-state index contributed by atoms with van der Waals surface area (Å²) in [6.45, 7) is 10.6. The number of hydrogen-bond donors (Lipinski definition) is 0. The molecule has 0 aliphatic rings. The van der Waals surface area contributed by atoms with Gasteiger partial charge < -0.3 is 4.42 Å². The second-order valence-corrected chi connectivity index (χ2v) is 9.28. The van der Waals surface area contributed by atoms with Crippen molar-refractivity contribution >= 4 is 32.9 Å². The minimum Gasteiger partial charge on any atom is -0.438 e. The molecule has 0 bridgehead atoms. The zero-order chi connectivity index (χ0) is 18.5. The van der Waals surface area contributed by atoms with Crippen LogP contribution < -0.4 is 0 Å². The first kappa shape index (κ1) is 17.1. The minimum atomic E-state index is -0.136. The van der Waals surface area contributed by atoms with E-state index in [4.69, 9.17) is 14.4 Å².